The van der Waals surface area contributed by atoms with Gasteiger partial charge in [0.1, 0.15) is 0 Å². The first-order valence-corrected chi connectivity index (χ1v) is 8.98. The third-order valence-corrected chi connectivity index (χ3v) is 5.42. The Balaban J connectivity index is 1.50. The van der Waals surface area contributed by atoms with E-state index in [0.717, 1.165) is 31.0 Å². The number of rotatable bonds is 8. The predicted octanol–water partition coefficient (Wildman–Crippen LogP) is 2.73. The highest BCUT2D eigenvalue weighted by atomic mass is 32.2. The van der Waals surface area contributed by atoms with E-state index in [1.807, 2.05) is 12.1 Å². The van der Waals surface area contributed by atoms with Gasteiger partial charge in [-0.25, -0.2) is 13.1 Å². The molecule has 1 aromatic carbocycles. The quantitative estimate of drug-likeness (QED) is 0.725. The molecule has 5 heteroatoms. The molecule has 1 aromatic rings. The fourth-order valence-electron chi connectivity index (χ4n) is 2.27. The number of hydrogen-bond acceptors (Lipinski definition) is 3. The van der Waals surface area contributed by atoms with Crippen LogP contribution in [-0.2, 0) is 10.0 Å². The van der Waals surface area contributed by atoms with Gasteiger partial charge in [-0.15, -0.1) is 0 Å². The standard InChI is InChI=1S/C15H22N2O2S/c18-20(19,17-14-5-6-14)15-9-7-13(8-10-15)16-11-1-2-12-3-4-12/h7-10,12,14,16-17H,1-6,11H2. The zero-order valence-electron chi connectivity index (χ0n) is 11.6. The van der Waals surface area contributed by atoms with E-state index in [2.05, 4.69) is 10.0 Å². The molecule has 0 atom stereocenters. The van der Waals surface area contributed by atoms with Gasteiger partial charge in [-0.1, -0.05) is 12.8 Å². The van der Waals surface area contributed by atoms with Gasteiger partial charge in [0.15, 0.2) is 0 Å². The number of hydrogen-bond donors (Lipinski definition) is 2. The number of nitrogens with one attached hydrogen (secondary N) is 2. The third-order valence-electron chi connectivity index (χ3n) is 3.88. The maximum atomic E-state index is 12.0. The van der Waals surface area contributed by atoms with Crippen LogP contribution in [0.25, 0.3) is 0 Å². The molecule has 2 N–H and O–H groups in total. The van der Waals surface area contributed by atoms with Crippen molar-refractivity contribution in [2.24, 2.45) is 5.92 Å². The van der Waals surface area contributed by atoms with E-state index in [1.165, 1.54) is 25.7 Å². The summed E-state index contributed by atoms with van der Waals surface area (Å²) in [5.74, 6) is 0.970. The van der Waals surface area contributed by atoms with E-state index in [-0.39, 0.29) is 6.04 Å². The van der Waals surface area contributed by atoms with Crippen LogP contribution in [0.5, 0.6) is 0 Å². The van der Waals surface area contributed by atoms with Gasteiger partial charge < -0.3 is 5.32 Å². The molecule has 0 unspecified atom stereocenters. The van der Waals surface area contributed by atoms with Crippen molar-refractivity contribution in [1.82, 2.24) is 4.72 Å². The minimum Gasteiger partial charge on any atom is -0.385 e. The lowest BCUT2D eigenvalue weighted by Crippen LogP contribution is -2.25. The number of sulfonamides is 1. The minimum absolute atomic E-state index is 0.153. The molecule has 0 saturated heterocycles. The molecule has 4 nitrogen and oxygen atoms in total. The SMILES string of the molecule is O=S(=O)(NC1CC1)c1ccc(NCCCC2CC2)cc1. The number of anilines is 1. The van der Waals surface area contributed by atoms with Crippen LogP contribution >= 0.6 is 0 Å². The molecular formula is C15H22N2O2S. The summed E-state index contributed by atoms with van der Waals surface area (Å²) in [5, 5.41) is 3.34. The maximum Gasteiger partial charge on any atom is 0.240 e. The zero-order chi connectivity index (χ0) is 14.0. The van der Waals surface area contributed by atoms with Crippen LogP contribution in [0, 0.1) is 5.92 Å². The lowest BCUT2D eigenvalue weighted by Gasteiger charge is -2.08. The van der Waals surface area contributed by atoms with Gasteiger partial charge in [-0.05, 0) is 55.9 Å². The molecule has 0 heterocycles. The Morgan fingerprint density at radius 2 is 1.75 bits per heavy atom. The van der Waals surface area contributed by atoms with Gasteiger partial charge in [0.2, 0.25) is 10.0 Å². The molecule has 20 heavy (non-hydrogen) atoms. The summed E-state index contributed by atoms with van der Waals surface area (Å²) in [4.78, 5) is 0.355. The first-order chi connectivity index (χ1) is 9.63. The normalized spacial score (nSPS) is 19.0. The monoisotopic (exact) mass is 294 g/mol. The lowest BCUT2D eigenvalue weighted by atomic mass is 10.2. The smallest absolute Gasteiger partial charge is 0.240 e. The van der Waals surface area contributed by atoms with Crippen molar-refractivity contribution in [3.63, 3.8) is 0 Å². The topological polar surface area (TPSA) is 58.2 Å². The van der Waals surface area contributed by atoms with E-state index in [0.29, 0.717) is 4.90 Å². The van der Waals surface area contributed by atoms with Crippen LogP contribution in [0.1, 0.15) is 38.5 Å². The average molecular weight is 294 g/mol. The van der Waals surface area contributed by atoms with E-state index in [1.54, 1.807) is 12.1 Å². The van der Waals surface area contributed by atoms with Crippen molar-refractivity contribution in [2.75, 3.05) is 11.9 Å². The molecule has 2 saturated carbocycles. The molecular weight excluding hydrogens is 272 g/mol. The molecule has 0 radical (unpaired) electrons. The first kappa shape index (κ1) is 13.9. The Bertz CT molecular complexity index is 546. The summed E-state index contributed by atoms with van der Waals surface area (Å²) in [6, 6.07) is 7.19. The Kier molecular flexibility index (Phi) is 3.98. The Morgan fingerprint density at radius 1 is 1.05 bits per heavy atom. The molecule has 110 valence electrons. The van der Waals surface area contributed by atoms with Gasteiger partial charge in [-0.3, -0.25) is 0 Å². The van der Waals surface area contributed by atoms with Gasteiger partial charge in [-0.2, -0.15) is 0 Å². The maximum absolute atomic E-state index is 12.0. The van der Waals surface area contributed by atoms with Crippen LogP contribution in [0.4, 0.5) is 5.69 Å². The largest absolute Gasteiger partial charge is 0.385 e. The van der Waals surface area contributed by atoms with Crippen molar-refractivity contribution in [3.05, 3.63) is 24.3 Å². The second kappa shape index (κ2) is 5.74. The van der Waals surface area contributed by atoms with E-state index in [9.17, 15) is 8.42 Å². The van der Waals surface area contributed by atoms with Gasteiger partial charge in [0.05, 0.1) is 4.90 Å². The second-order valence-corrected chi connectivity index (χ2v) is 7.65. The molecule has 0 aromatic heterocycles. The van der Waals surface area contributed by atoms with Gasteiger partial charge >= 0.3 is 0 Å². The highest BCUT2D eigenvalue weighted by Crippen LogP contribution is 2.33. The fourth-order valence-corrected chi connectivity index (χ4v) is 3.58. The van der Waals surface area contributed by atoms with Crippen molar-refractivity contribution < 1.29 is 8.42 Å². The number of benzene rings is 1. The van der Waals surface area contributed by atoms with Crippen molar-refractivity contribution >= 4 is 15.7 Å². The summed E-state index contributed by atoms with van der Waals surface area (Å²) in [6.07, 6.45) is 7.22. The predicted molar refractivity (Wildman–Crippen MR) is 80.2 cm³/mol. The minimum atomic E-state index is -3.32. The molecule has 0 amide bonds. The molecule has 0 bridgehead atoms. The summed E-state index contributed by atoms with van der Waals surface area (Å²) >= 11 is 0. The van der Waals surface area contributed by atoms with Crippen LogP contribution < -0.4 is 10.0 Å². The molecule has 3 rings (SSSR count). The Labute approximate surface area is 121 Å². The van der Waals surface area contributed by atoms with Crippen LogP contribution in [0.3, 0.4) is 0 Å². The summed E-state index contributed by atoms with van der Waals surface area (Å²) in [7, 11) is -3.32. The van der Waals surface area contributed by atoms with E-state index in [4.69, 9.17) is 0 Å². The summed E-state index contributed by atoms with van der Waals surface area (Å²) in [5.41, 5.74) is 0.992. The summed E-state index contributed by atoms with van der Waals surface area (Å²) < 4.78 is 26.7. The van der Waals surface area contributed by atoms with Crippen molar-refractivity contribution in [1.29, 1.82) is 0 Å². The van der Waals surface area contributed by atoms with Crippen LogP contribution in [0.2, 0.25) is 0 Å². The molecule has 0 aliphatic heterocycles. The molecule has 2 aliphatic rings. The van der Waals surface area contributed by atoms with Crippen molar-refractivity contribution in [3.8, 4) is 0 Å². The Hall–Kier alpha value is -1.07. The second-order valence-electron chi connectivity index (χ2n) is 5.93. The van der Waals surface area contributed by atoms with Gasteiger partial charge in [0, 0.05) is 18.3 Å². The molecule has 2 aliphatic carbocycles. The highest BCUT2D eigenvalue weighted by molar-refractivity contribution is 7.89. The average Bonchev–Trinajstić information content (AvgIpc) is 3.30. The lowest BCUT2D eigenvalue weighted by molar-refractivity contribution is 0.581. The van der Waals surface area contributed by atoms with Crippen LogP contribution in [0.15, 0.2) is 29.2 Å². The summed E-state index contributed by atoms with van der Waals surface area (Å²) in [6.45, 7) is 0.961. The van der Waals surface area contributed by atoms with Gasteiger partial charge in [0.25, 0.3) is 0 Å². The first-order valence-electron chi connectivity index (χ1n) is 7.50. The highest BCUT2D eigenvalue weighted by Gasteiger charge is 2.27. The molecule has 0 spiro atoms. The molecule has 2 fully saturated rings. The van der Waals surface area contributed by atoms with E-state index < -0.39 is 10.0 Å². The zero-order valence-corrected chi connectivity index (χ0v) is 12.5. The van der Waals surface area contributed by atoms with Crippen LogP contribution in [-0.4, -0.2) is 21.0 Å². The fraction of sp³-hybridized carbons (Fsp3) is 0.600. The van der Waals surface area contributed by atoms with E-state index >= 15 is 0 Å². The third kappa shape index (κ3) is 3.96. The Morgan fingerprint density at radius 3 is 2.35 bits per heavy atom. The van der Waals surface area contributed by atoms with Crippen molar-refractivity contribution in [2.45, 2.75) is 49.5 Å².